The van der Waals surface area contributed by atoms with Crippen LogP contribution in [0.15, 0.2) is 12.7 Å². The molecule has 43 valence electrons. The molecule has 0 amide bonds. The van der Waals surface area contributed by atoms with Gasteiger partial charge in [0.15, 0.2) is 11.8 Å². The van der Waals surface area contributed by atoms with Crippen LogP contribution in [0.4, 0.5) is 0 Å². The quantitative estimate of drug-likeness (QED) is 0.462. The summed E-state index contributed by atoms with van der Waals surface area (Å²) in [6.07, 6.45) is 5.52. The highest BCUT2D eigenvalue weighted by Crippen LogP contribution is 1.86. The summed E-state index contributed by atoms with van der Waals surface area (Å²) in [6.45, 7) is 0. The third-order valence-corrected chi connectivity index (χ3v) is 0.931. The summed E-state index contributed by atoms with van der Waals surface area (Å²) in [6, 6.07) is 0. The zero-order valence-corrected chi connectivity index (χ0v) is 4.39. The first-order chi connectivity index (χ1) is 4.47. The number of nitrogens with zero attached hydrogens (tertiary/aromatic N) is 5. The van der Waals surface area contributed by atoms with E-state index in [1.165, 1.54) is 17.2 Å². The molecule has 0 fully saturated rings. The summed E-state index contributed by atoms with van der Waals surface area (Å²) < 4.78 is 1.44. The van der Waals surface area contributed by atoms with Gasteiger partial charge in [0, 0.05) is 0 Å². The Balaban J connectivity index is 2.95. The average Bonchev–Trinajstić information content (AvgIpc) is 2.33. The van der Waals surface area contributed by atoms with Crippen molar-refractivity contribution in [2.45, 2.75) is 0 Å². The lowest BCUT2D eigenvalue weighted by Gasteiger charge is -1.82. The van der Waals surface area contributed by atoms with Gasteiger partial charge in [-0.2, -0.15) is 4.52 Å². The Morgan fingerprint density at radius 2 is 2.56 bits per heavy atom. The van der Waals surface area contributed by atoms with Gasteiger partial charge < -0.3 is 0 Å². The van der Waals surface area contributed by atoms with Gasteiger partial charge in [0.25, 0.3) is 0 Å². The largest absolute Gasteiger partial charge is 0.225 e. The van der Waals surface area contributed by atoms with E-state index < -0.39 is 0 Å². The van der Waals surface area contributed by atoms with Gasteiger partial charge >= 0.3 is 0 Å². The summed E-state index contributed by atoms with van der Waals surface area (Å²) in [5.74, 6) is 0. The highest BCUT2D eigenvalue weighted by atomic mass is 15.4. The molecule has 0 aliphatic heterocycles. The SMILES string of the molecule is [c]1nnn2cncnc12. The lowest BCUT2D eigenvalue weighted by molar-refractivity contribution is 0.820. The van der Waals surface area contributed by atoms with Gasteiger partial charge in [-0.1, -0.05) is 5.21 Å². The number of rotatable bonds is 0. The monoisotopic (exact) mass is 120 g/mol. The van der Waals surface area contributed by atoms with Gasteiger partial charge in [0.05, 0.1) is 0 Å². The molecular weight excluding hydrogens is 118 g/mol. The van der Waals surface area contributed by atoms with Crippen LogP contribution in [0.1, 0.15) is 0 Å². The van der Waals surface area contributed by atoms with Gasteiger partial charge in [-0.15, -0.1) is 5.10 Å². The van der Waals surface area contributed by atoms with Crippen LogP contribution in [-0.2, 0) is 0 Å². The first kappa shape index (κ1) is 4.37. The van der Waals surface area contributed by atoms with Crippen molar-refractivity contribution >= 4 is 5.65 Å². The first-order valence-corrected chi connectivity index (χ1v) is 2.35. The fraction of sp³-hybridized carbons (Fsp3) is 0. The minimum absolute atomic E-state index is 0.588. The molecule has 5 heteroatoms. The smallest absolute Gasteiger partial charge is 0.188 e. The summed E-state index contributed by atoms with van der Waals surface area (Å²) in [7, 11) is 0. The fourth-order valence-electron chi connectivity index (χ4n) is 0.556. The first-order valence-electron chi connectivity index (χ1n) is 2.35. The summed E-state index contributed by atoms with van der Waals surface area (Å²) in [5.41, 5.74) is 0.588. The zero-order valence-electron chi connectivity index (χ0n) is 4.39. The molecule has 0 atom stereocenters. The molecule has 0 aliphatic carbocycles. The van der Waals surface area contributed by atoms with Crippen molar-refractivity contribution in [3.63, 3.8) is 0 Å². The topological polar surface area (TPSA) is 56.0 Å². The molecule has 0 saturated heterocycles. The van der Waals surface area contributed by atoms with Crippen LogP contribution in [0.5, 0.6) is 0 Å². The number of hydrogen-bond acceptors (Lipinski definition) is 4. The lowest BCUT2D eigenvalue weighted by Crippen LogP contribution is -1.89. The van der Waals surface area contributed by atoms with E-state index in [-0.39, 0.29) is 0 Å². The molecule has 0 saturated carbocycles. The van der Waals surface area contributed by atoms with Crippen molar-refractivity contribution in [3.05, 3.63) is 18.9 Å². The summed E-state index contributed by atoms with van der Waals surface area (Å²) in [4.78, 5) is 7.53. The molecule has 2 heterocycles. The van der Waals surface area contributed by atoms with E-state index in [2.05, 4.69) is 26.5 Å². The Hall–Kier alpha value is -1.52. The van der Waals surface area contributed by atoms with E-state index in [1.54, 1.807) is 0 Å². The van der Waals surface area contributed by atoms with Gasteiger partial charge in [0.1, 0.15) is 12.7 Å². The van der Waals surface area contributed by atoms with Crippen LogP contribution >= 0.6 is 0 Å². The maximum absolute atomic E-state index is 3.81. The predicted octanol–water partition coefficient (Wildman–Crippen LogP) is -0.681. The van der Waals surface area contributed by atoms with E-state index in [1.807, 2.05) is 0 Å². The van der Waals surface area contributed by atoms with E-state index in [0.717, 1.165) is 0 Å². The maximum atomic E-state index is 3.81. The fourth-order valence-corrected chi connectivity index (χ4v) is 0.556. The molecule has 0 aliphatic rings. The Bertz CT molecular complexity index is 283. The van der Waals surface area contributed by atoms with Crippen LogP contribution in [-0.4, -0.2) is 24.8 Å². The van der Waals surface area contributed by atoms with Crippen molar-refractivity contribution in [2.75, 3.05) is 0 Å². The van der Waals surface area contributed by atoms with Crippen molar-refractivity contribution in [2.24, 2.45) is 0 Å². The van der Waals surface area contributed by atoms with Gasteiger partial charge in [0.2, 0.25) is 0 Å². The lowest BCUT2D eigenvalue weighted by atomic mass is 10.8. The van der Waals surface area contributed by atoms with Crippen LogP contribution in [0.25, 0.3) is 5.65 Å². The maximum Gasteiger partial charge on any atom is 0.188 e. The Morgan fingerprint density at radius 3 is 3.44 bits per heavy atom. The second-order valence-electron chi connectivity index (χ2n) is 1.48. The molecule has 0 bridgehead atoms. The number of fused-ring (bicyclic) bond motifs is 1. The molecule has 9 heavy (non-hydrogen) atoms. The Morgan fingerprint density at radius 1 is 1.56 bits per heavy atom. The molecule has 0 aromatic carbocycles. The second-order valence-corrected chi connectivity index (χ2v) is 1.48. The van der Waals surface area contributed by atoms with Crippen LogP contribution < -0.4 is 0 Å². The average molecular weight is 120 g/mol. The third-order valence-electron chi connectivity index (χ3n) is 0.931. The molecule has 0 N–H and O–H groups in total. The Labute approximate surface area is 50.4 Å². The normalized spacial score (nSPS) is 10.2. The van der Waals surface area contributed by atoms with Crippen LogP contribution in [0, 0.1) is 6.20 Å². The van der Waals surface area contributed by atoms with E-state index in [0.29, 0.717) is 5.65 Å². The molecule has 0 unspecified atom stereocenters. The van der Waals surface area contributed by atoms with Crippen molar-refractivity contribution in [3.8, 4) is 0 Å². The van der Waals surface area contributed by atoms with Gasteiger partial charge in [-0.05, 0) is 0 Å². The van der Waals surface area contributed by atoms with E-state index in [4.69, 9.17) is 0 Å². The molecule has 0 spiro atoms. The minimum Gasteiger partial charge on any atom is -0.225 e. The molecular formula is C4H2N5. The van der Waals surface area contributed by atoms with Gasteiger partial charge in [-0.3, -0.25) is 0 Å². The van der Waals surface area contributed by atoms with Crippen molar-refractivity contribution in [1.82, 2.24) is 24.8 Å². The summed E-state index contributed by atoms with van der Waals surface area (Å²) in [5, 5.41) is 7.09. The third kappa shape index (κ3) is 0.543. The van der Waals surface area contributed by atoms with E-state index in [9.17, 15) is 0 Å². The van der Waals surface area contributed by atoms with E-state index >= 15 is 0 Å². The molecule has 2 aromatic rings. The minimum atomic E-state index is 0.588. The van der Waals surface area contributed by atoms with Crippen molar-refractivity contribution in [1.29, 1.82) is 0 Å². The number of aromatic nitrogens is 5. The van der Waals surface area contributed by atoms with Crippen LogP contribution in [0.3, 0.4) is 0 Å². The van der Waals surface area contributed by atoms with Crippen LogP contribution in [0.2, 0.25) is 0 Å². The number of hydrogen-bond donors (Lipinski definition) is 0. The van der Waals surface area contributed by atoms with Gasteiger partial charge in [-0.25, -0.2) is 9.97 Å². The Kier molecular flexibility index (Phi) is 0.717. The highest BCUT2D eigenvalue weighted by Gasteiger charge is 1.90. The zero-order chi connectivity index (χ0) is 6.10. The van der Waals surface area contributed by atoms with Crippen molar-refractivity contribution < 1.29 is 0 Å². The molecule has 2 rings (SSSR count). The molecule has 5 nitrogen and oxygen atoms in total. The standard InChI is InChI=1S/C4H2N5/c1-4-6-2-5-3-9(4)8-7-1/h2-3H. The summed E-state index contributed by atoms with van der Waals surface area (Å²) >= 11 is 0. The second kappa shape index (κ2) is 1.48. The highest BCUT2D eigenvalue weighted by molar-refractivity contribution is 5.27. The molecule has 2 aromatic heterocycles. The predicted molar refractivity (Wildman–Crippen MR) is 27.4 cm³/mol. The molecule has 1 radical (unpaired) electrons.